The predicted octanol–water partition coefficient (Wildman–Crippen LogP) is 2.38. The number of hydrogen-bond acceptors (Lipinski definition) is 3. The van der Waals surface area contributed by atoms with Crippen LogP contribution in [0.5, 0.6) is 0 Å². The fraction of sp³-hybridized carbons (Fsp3) is 0.500. The molecule has 18 heavy (non-hydrogen) atoms. The molecule has 0 spiro atoms. The van der Waals surface area contributed by atoms with Gasteiger partial charge in [-0.3, -0.25) is 0 Å². The van der Waals surface area contributed by atoms with E-state index in [2.05, 4.69) is 37.1 Å². The fourth-order valence-corrected chi connectivity index (χ4v) is 2.09. The maximum absolute atomic E-state index is 5.73. The van der Waals surface area contributed by atoms with Crippen LogP contribution < -0.4 is 11.1 Å². The lowest BCUT2D eigenvalue weighted by Gasteiger charge is -2.19. The molecule has 1 aromatic carbocycles. The molecule has 3 N–H and O–H groups in total. The first kappa shape index (κ1) is 14.9. The van der Waals surface area contributed by atoms with E-state index in [1.54, 1.807) is 0 Å². The smallest absolute Gasteiger partial charge is 0.106 e. The fourth-order valence-electron chi connectivity index (χ4n) is 1.91. The standard InChI is InChI=1S/C14H23N3S/c1-4-17(5-2)9-8-16-13-10-11(3)6-7-12(13)14(15)18/h6-7,10,16H,4-5,8-9H2,1-3H3,(H2,15,18). The summed E-state index contributed by atoms with van der Waals surface area (Å²) in [6.07, 6.45) is 0. The van der Waals surface area contributed by atoms with Gasteiger partial charge < -0.3 is 16.0 Å². The quantitative estimate of drug-likeness (QED) is 0.743. The van der Waals surface area contributed by atoms with Crippen molar-refractivity contribution in [3.05, 3.63) is 29.3 Å². The van der Waals surface area contributed by atoms with Gasteiger partial charge in [-0.25, -0.2) is 0 Å². The highest BCUT2D eigenvalue weighted by Gasteiger charge is 2.05. The lowest BCUT2D eigenvalue weighted by atomic mass is 10.1. The summed E-state index contributed by atoms with van der Waals surface area (Å²) in [6, 6.07) is 6.11. The van der Waals surface area contributed by atoms with Crippen molar-refractivity contribution in [2.75, 3.05) is 31.5 Å². The van der Waals surface area contributed by atoms with Crippen molar-refractivity contribution in [2.45, 2.75) is 20.8 Å². The van der Waals surface area contributed by atoms with Gasteiger partial charge in [0.1, 0.15) is 4.99 Å². The number of hydrogen-bond donors (Lipinski definition) is 2. The Morgan fingerprint density at radius 2 is 2.00 bits per heavy atom. The summed E-state index contributed by atoms with van der Waals surface area (Å²) < 4.78 is 0. The number of nitrogens with one attached hydrogen (secondary N) is 1. The molecule has 0 aliphatic carbocycles. The highest BCUT2D eigenvalue weighted by molar-refractivity contribution is 7.80. The molecule has 0 atom stereocenters. The summed E-state index contributed by atoms with van der Waals surface area (Å²) in [6.45, 7) is 10.5. The van der Waals surface area contributed by atoms with E-state index in [1.807, 2.05) is 12.1 Å². The monoisotopic (exact) mass is 265 g/mol. The molecule has 0 bridgehead atoms. The molecule has 0 radical (unpaired) electrons. The Morgan fingerprint density at radius 1 is 1.33 bits per heavy atom. The molecule has 4 heteroatoms. The van der Waals surface area contributed by atoms with Crippen molar-refractivity contribution >= 4 is 22.9 Å². The first-order chi connectivity index (χ1) is 8.58. The lowest BCUT2D eigenvalue weighted by molar-refractivity contribution is 0.316. The molecule has 0 heterocycles. The largest absolute Gasteiger partial charge is 0.389 e. The Hall–Kier alpha value is -1.13. The summed E-state index contributed by atoms with van der Waals surface area (Å²) >= 11 is 5.07. The summed E-state index contributed by atoms with van der Waals surface area (Å²) in [5.41, 5.74) is 8.90. The first-order valence-electron chi connectivity index (χ1n) is 6.45. The number of anilines is 1. The zero-order chi connectivity index (χ0) is 13.5. The van der Waals surface area contributed by atoms with E-state index in [-0.39, 0.29) is 0 Å². The van der Waals surface area contributed by atoms with Crippen molar-refractivity contribution in [3.63, 3.8) is 0 Å². The Morgan fingerprint density at radius 3 is 2.56 bits per heavy atom. The average Bonchev–Trinajstić information content (AvgIpc) is 2.34. The van der Waals surface area contributed by atoms with Crippen LogP contribution in [0, 0.1) is 6.92 Å². The maximum Gasteiger partial charge on any atom is 0.106 e. The van der Waals surface area contributed by atoms with E-state index in [0.717, 1.165) is 37.4 Å². The van der Waals surface area contributed by atoms with Crippen LogP contribution >= 0.6 is 12.2 Å². The summed E-state index contributed by atoms with van der Waals surface area (Å²) in [5, 5.41) is 3.43. The van der Waals surface area contributed by atoms with E-state index in [9.17, 15) is 0 Å². The minimum atomic E-state index is 0.445. The normalized spacial score (nSPS) is 10.7. The van der Waals surface area contributed by atoms with Crippen molar-refractivity contribution < 1.29 is 0 Å². The SMILES string of the molecule is CCN(CC)CCNc1cc(C)ccc1C(N)=S. The molecular formula is C14H23N3S. The molecule has 0 fully saturated rings. The van der Waals surface area contributed by atoms with E-state index in [1.165, 1.54) is 5.56 Å². The highest BCUT2D eigenvalue weighted by atomic mass is 32.1. The van der Waals surface area contributed by atoms with Crippen molar-refractivity contribution in [2.24, 2.45) is 5.73 Å². The zero-order valence-electron chi connectivity index (χ0n) is 11.5. The summed E-state index contributed by atoms with van der Waals surface area (Å²) in [7, 11) is 0. The van der Waals surface area contributed by atoms with Crippen LogP contribution in [0.4, 0.5) is 5.69 Å². The Kier molecular flexibility index (Phi) is 6.09. The third kappa shape index (κ3) is 4.27. The Bertz CT molecular complexity index is 400. The van der Waals surface area contributed by atoms with Gasteiger partial charge in [0.2, 0.25) is 0 Å². The van der Waals surface area contributed by atoms with Crippen LogP contribution in [-0.2, 0) is 0 Å². The maximum atomic E-state index is 5.73. The van der Waals surface area contributed by atoms with Crippen LogP contribution in [0.25, 0.3) is 0 Å². The second-order valence-electron chi connectivity index (χ2n) is 4.37. The van der Waals surface area contributed by atoms with Gasteiger partial charge in [0.05, 0.1) is 0 Å². The van der Waals surface area contributed by atoms with Crippen LogP contribution in [0.3, 0.4) is 0 Å². The van der Waals surface area contributed by atoms with E-state index >= 15 is 0 Å². The van der Waals surface area contributed by atoms with Crippen LogP contribution in [0.15, 0.2) is 18.2 Å². The number of benzene rings is 1. The topological polar surface area (TPSA) is 41.3 Å². The van der Waals surface area contributed by atoms with Gasteiger partial charge in [-0.15, -0.1) is 0 Å². The van der Waals surface area contributed by atoms with Crippen molar-refractivity contribution in [3.8, 4) is 0 Å². The molecule has 0 unspecified atom stereocenters. The van der Waals surface area contributed by atoms with Gasteiger partial charge in [-0.1, -0.05) is 32.1 Å². The van der Waals surface area contributed by atoms with E-state index in [0.29, 0.717) is 4.99 Å². The molecule has 1 aromatic rings. The molecule has 0 amide bonds. The second kappa shape index (κ2) is 7.34. The van der Waals surface area contributed by atoms with Crippen LogP contribution in [0.2, 0.25) is 0 Å². The summed E-state index contributed by atoms with van der Waals surface area (Å²) in [4.78, 5) is 2.82. The van der Waals surface area contributed by atoms with Gasteiger partial charge in [-0.2, -0.15) is 0 Å². The number of thiocarbonyl (C=S) groups is 1. The van der Waals surface area contributed by atoms with Crippen molar-refractivity contribution in [1.29, 1.82) is 0 Å². The van der Waals surface area contributed by atoms with E-state index in [4.69, 9.17) is 18.0 Å². The molecule has 0 aliphatic rings. The first-order valence-corrected chi connectivity index (χ1v) is 6.86. The Labute approximate surface area is 115 Å². The number of aryl methyl sites for hydroxylation is 1. The molecular weight excluding hydrogens is 242 g/mol. The molecule has 100 valence electrons. The van der Waals surface area contributed by atoms with Gasteiger partial charge in [-0.05, 0) is 37.7 Å². The lowest BCUT2D eigenvalue weighted by Crippen LogP contribution is -2.29. The third-order valence-corrected chi connectivity index (χ3v) is 3.30. The van der Waals surface area contributed by atoms with Gasteiger partial charge in [0.25, 0.3) is 0 Å². The van der Waals surface area contributed by atoms with Gasteiger partial charge in [0.15, 0.2) is 0 Å². The molecule has 1 rings (SSSR count). The average molecular weight is 265 g/mol. The number of nitrogens with zero attached hydrogens (tertiary/aromatic N) is 1. The predicted molar refractivity (Wildman–Crippen MR) is 83.3 cm³/mol. The number of nitrogens with two attached hydrogens (primary N) is 1. The highest BCUT2D eigenvalue weighted by Crippen LogP contribution is 2.17. The minimum Gasteiger partial charge on any atom is -0.389 e. The molecule has 3 nitrogen and oxygen atoms in total. The van der Waals surface area contributed by atoms with Gasteiger partial charge in [0, 0.05) is 24.3 Å². The molecule has 0 saturated carbocycles. The summed E-state index contributed by atoms with van der Waals surface area (Å²) in [5.74, 6) is 0. The molecule has 0 saturated heterocycles. The molecule has 0 aromatic heterocycles. The number of likely N-dealkylation sites (N-methyl/N-ethyl adjacent to an activating group) is 1. The second-order valence-corrected chi connectivity index (χ2v) is 4.81. The third-order valence-electron chi connectivity index (χ3n) is 3.08. The zero-order valence-corrected chi connectivity index (χ0v) is 12.3. The number of rotatable bonds is 7. The molecule has 0 aliphatic heterocycles. The Balaban J connectivity index is 2.66. The minimum absolute atomic E-state index is 0.445. The van der Waals surface area contributed by atoms with E-state index < -0.39 is 0 Å². The van der Waals surface area contributed by atoms with Crippen LogP contribution in [0.1, 0.15) is 25.0 Å². The van der Waals surface area contributed by atoms with Crippen molar-refractivity contribution in [1.82, 2.24) is 4.90 Å². The van der Waals surface area contributed by atoms with Gasteiger partial charge >= 0.3 is 0 Å². The van der Waals surface area contributed by atoms with Crippen LogP contribution in [-0.4, -0.2) is 36.1 Å².